The number of hydrogen-bond acceptors (Lipinski definition) is 7. The van der Waals surface area contributed by atoms with E-state index in [-0.39, 0.29) is 5.91 Å². The first-order valence-corrected chi connectivity index (χ1v) is 12.0. The number of likely N-dealkylation sites (N-methyl/N-ethyl adjacent to an activating group) is 1. The van der Waals surface area contributed by atoms with Gasteiger partial charge >= 0.3 is 11.9 Å². The van der Waals surface area contributed by atoms with Crippen LogP contribution in [0.5, 0.6) is 5.75 Å². The fourth-order valence-corrected chi connectivity index (χ4v) is 4.25. The van der Waals surface area contributed by atoms with Crippen molar-refractivity contribution in [1.82, 2.24) is 4.90 Å². The Hall–Kier alpha value is -3.39. The maximum absolute atomic E-state index is 13.9. The molecule has 0 aliphatic carbocycles. The van der Waals surface area contributed by atoms with Gasteiger partial charge in [0.15, 0.2) is 6.10 Å². The van der Waals surface area contributed by atoms with Gasteiger partial charge in [-0.1, -0.05) is 12.1 Å². The van der Waals surface area contributed by atoms with Crippen LogP contribution < -0.4 is 9.64 Å². The highest BCUT2D eigenvalue weighted by atomic mass is 16.6. The second kappa shape index (κ2) is 11.1. The first kappa shape index (κ1) is 27.2. The van der Waals surface area contributed by atoms with Crippen molar-refractivity contribution in [2.75, 3.05) is 39.2 Å². The first-order chi connectivity index (χ1) is 16.9. The maximum Gasteiger partial charge on any atom is 0.338 e. The summed E-state index contributed by atoms with van der Waals surface area (Å²) in [6.45, 7) is 7.77. The van der Waals surface area contributed by atoms with Crippen molar-refractivity contribution in [2.45, 2.75) is 51.7 Å². The van der Waals surface area contributed by atoms with Gasteiger partial charge < -0.3 is 24.0 Å². The number of carbonyl (C=O) groups excluding carboxylic acids is 3. The SMILES string of the molecule is COc1ccc(C2Cc3cc(C(=O)OC(C)(C)C)ccc3N(CCN(C)C)C(=O)C2OC(C)=O)cc1. The van der Waals surface area contributed by atoms with Crippen molar-refractivity contribution in [3.8, 4) is 5.75 Å². The van der Waals surface area contributed by atoms with Crippen LogP contribution in [-0.4, -0.2) is 68.7 Å². The Balaban J connectivity index is 2.13. The van der Waals surface area contributed by atoms with Crippen LogP contribution in [0.4, 0.5) is 5.69 Å². The van der Waals surface area contributed by atoms with E-state index in [1.54, 1.807) is 30.2 Å². The summed E-state index contributed by atoms with van der Waals surface area (Å²) in [5.74, 6) is -1.03. The predicted molar refractivity (Wildman–Crippen MR) is 138 cm³/mol. The van der Waals surface area contributed by atoms with Crippen LogP contribution in [0.25, 0.3) is 0 Å². The number of nitrogens with zero attached hydrogens (tertiary/aromatic N) is 2. The minimum Gasteiger partial charge on any atom is -0.497 e. The van der Waals surface area contributed by atoms with Gasteiger partial charge in [-0.25, -0.2) is 4.79 Å². The zero-order valence-corrected chi connectivity index (χ0v) is 22.2. The van der Waals surface area contributed by atoms with Gasteiger partial charge in [0.25, 0.3) is 5.91 Å². The number of esters is 2. The van der Waals surface area contributed by atoms with Crippen LogP contribution in [0.2, 0.25) is 0 Å². The van der Waals surface area contributed by atoms with E-state index in [1.165, 1.54) is 6.92 Å². The normalized spacial score (nSPS) is 17.9. The third-order valence-corrected chi connectivity index (χ3v) is 5.93. The summed E-state index contributed by atoms with van der Waals surface area (Å²) in [6.07, 6.45) is -0.629. The molecule has 0 bridgehead atoms. The van der Waals surface area contributed by atoms with Gasteiger partial charge in [0, 0.05) is 31.6 Å². The number of carbonyl (C=O) groups is 3. The molecule has 2 aromatic rings. The summed E-state index contributed by atoms with van der Waals surface area (Å²) in [7, 11) is 5.44. The summed E-state index contributed by atoms with van der Waals surface area (Å²) < 4.78 is 16.5. The fourth-order valence-electron chi connectivity index (χ4n) is 4.25. The Morgan fingerprint density at radius 1 is 1.08 bits per heavy atom. The van der Waals surface area contributed by atoms with Gasteiger partial charge in [-0.2, -0.15) is 0 Å². The minimum atomic E-state index is -1.02. The third-order valence-electron chi connectivity index (χ3n) is 5.93. The highest BCUT2D eigenvalue weighted by Crippen LogP contribution is 2.37. The average molecular weight is 497 g/mol. The maximum atomic E-state index is 13.9. The Labute approximate surface area is 213 Å². The lowest BCUT2D eigenvalue weighted by Gasteiger charge is -2.29. The summed E-state index contributed by atoms with van der Waals surface area (Å²) in [4.78, 5) is 42.4. The molecule has 0 aromatic heterocycles. The van der Waals surface area contributed by atoms with E-state index >= 15 is 0 Å². The number of benzene rings is 2. The smallest absolute Gasteiger partial charge is 0.338 e. The van der Waals surface area contributed by atoms with Crippen LogP contribution >= 0.6 is 0 Å². The van der Waals surface area contributed by atoms with E-state index < -0.39 is 29.6 Å². The van der Waals surface area contributed by atoms with E-state index in [1.807, 2.05) is 64.0 Å². The lowest BCUT2D eigenvalue weighted by Crippen LogP contribution is -2.45. The molecule has 2 aromatic carbocycles. The topological polar surface area (TPSA) is 85.4 Å². The van der Waals surface area contributed by atoms with Gasteiger partial charge in [0.05, 0.1) is 12.7 Å². The van der Waals surface area contributed by atoms with Crippen LogP contribution in [0.3, 0.4) is 0 Å². The molecular formula is C28H36N2O6. The molecule has 8 heteroatoms. The third kappa shape index (κ3) is 6.63. The van der Waals surface area contributed by atoms with Crippen molar-refractivity contribution in [1.29, 1.82) is 0 Å². The summed E-state index contributed by atoms with van der Waals surface area (Å²) >= 11 is 0. The molecule has 8 nitrogen and oxygen atoms in total. The molecule has 0 fully saturated rings. The van der Waals surface area contributed by atoms with Crippen molar-refractivity contribution in [2.24, 2.45) is 0 Å². The molecule has 194 valence electrons. The highest BCUT2D eigenvalue weighted by molar-refractivity contribution is 6.00. The number of rotatable bonds is 7. The minimum absolute atomic E-state index is 0.295. The molecule has 0 saturated heterocycles. The number of anilines is 1. The average Bonchev–Trinajstić information content (AvgIpc) is 2.90. The molecule has 1 amide bonds. The Kier molecular flexibility index (Phi) is 8.40. The lowest BCUT2D eigenvalue weighted by atomic mass is 9.87. The number of methoxy groups -OCH3 is 1. The summed E-state index contributed by atoms with van der Waals surface area (Å²) in [5, 5.41) is 0. The Morgan fingerprint density at radius 3 is 2.31 bits per heavy atom. The molecule has 36 heavy (non-hydrogen) atoms. The van der Waals surface area contributed by atoms with Crippen LogP contribution in [0.15, 0.2) is 42.5 Å². The lowest BCUT2D eigenvalue weighted by molar-refractivity contribution is -0.154. The molecule has 0 saturated carbocycles. The monoisotopic (exact) mass is 496 g/mol. The van der Waals surface area contributed by atoms with E-state index in [9.17, 15) is 14.4 Å². The Bertz CT molecular complexity index is 1100. The van der Waals surface area contributed by atoms with E-state index in [2.05, 4.69) is 0 Å². The summed E-state index contributed by atoms with van der Waals surface area (Å²) in [6, 6.07) is 12.6. The number of amides is 1. The number of hydrogen-bond donors (Lipinski definition) is 0. The zero-order valence-electron chi connectivity index (χ0n) is 22.2. The quantitative estimate of drug-likeness (QED) is 0.539. The van der Waals surface area contributed by atoms with Gasteiger partial charge in [-0.3, -0.25) is 9.59 Å². The van der Waals surface area contributed by atoms with Crippen molar-refractivity contribution >= 4 is 23.5 Å². The summed E-state index contributed by atoms with van der Waals surface area (Å²) in [5.41, 5.74) is 2.11. The van der Waals surface area contributed by atoms with Crippen molar-refractivity contribution in [3.05, 3.63) is 59.2 Å². The highest BCUT2D eigenvalue weighted by Gasteiger charge is 2.40. The molecule has 2 unspecified atom stereocenters. The van der Waals surface area contributed by atoms with Crippen molar-refractivity contribution in [3.63, 3.8) is 0 Å². The van der Waals surface area contributed by atoms with E-state index in [0.717, 1.165) is 11.1 Å². The van der Waals surface area contributed by atoms with Gasteiger partial charge in [0.1, 0.15) is 11.4 Å². The van der Waals surface area contributed by atoms with Crippen LogP contribution in [0, 0.1) is 0 Å². The molecule has 1 aliphatic heterocycles. The molecule has 0 radical (unpaired) electrons. The molecule has 1 aliphatic rings. The second-order valence-electron chi connectivity index (χ2n) is 10.3. The first-order valence-electron chi connectivity index (χ1n) is 12.0. The van der Waals surface area contributed by atoms with Crippen molar-refractivity contribution < 1.29 is 28.6 Å². The number of ether oxygens (including phenoxy) is 3. The molecule has 0 spiro atoms. The van der Waals surface area contributed by atoms with Gasteiger partial charge in [0.2, 0.25) is 0 Å². The van der Waals surface area contributed by atoms with Crippen LogP contribution in [0.1, 0.15) is 55.1 Å². The fraction of sp³-hybridized carbons (Fsp3) is 0.464. The molecular weight excluding hydrogens is 460 g/mol. The standard InChI is InChI=1S/C28H36N2O6/c1-18(31)35-25-23(19-8-11-22(34-7)12-9-19)17-21-16-20(27(33)36-28(2,3)4)10-13-24(21)30(26(25)32)15-14-29(5)6/h8-13,16,23,25H,14-15,17H2,1-7H3. The largest absolute Gasteiger partial charge is 0.497 e. The second-order valence-corrected chi connectivity index (χ2v) is 10.3. The van der Waals surface area contributed by atoms with E-state index in [4.69, 9.17) is 14.2 Å². The molecule has 3 rings (SSSR count). The molecule has 0 N–H and O–H groups in total. The molecule has 2 atom stereocenters. The number of fused-ring (bicyclic) bond motifs is 1. The molecule has 1 heterocycles. The Morgan fingerprint density at radius 2 is 1.75 bits per heavy atom. The predicted octanol–water partition coefficient (Wildman–Crippen LogP) is 3.82. The van der Waals surface area contributed by atoms with Gasteiger partial charge in [-0.15, -0.1) is 0 Å². The van der Waals surface area contributed by atoms with Gasteiger partial charge in [-0.05, 0) is 82.7 Å². The van der Waals surface area contributed by atoms with Crippen LogP contribution in [-0.2, 0) is 25.5 Å². The zero-order chi connectivity index (χ0) is 26.6. The van der Waals surface area contributed by atoms with E-state index in [0.29, 0.717) is 36.5 Å².